The van der Waals surface area contributed by atoms with Crippen molar-refractivity contribution in [2.24, 2.45) is 0 Å². The SMILES string of the molecule is Cc1ccc[nH]1.F[B-](F)(F)F.[NH4+]. The van der Waals surface area contributed by atoms with E-state index in [2.05, 4.69) is 4.98 Å². The highest BCUT2D eigenvalue weighted by Crippen LogP contribution is 2.06. The van der Waals surface area contributed by atoms with Gasteiger partial charge in [0.25, 0.3) is 0 Å². The van der Waals surface area contributed by atoms with Crippen LogP contribution in [0.2, 0.25) is 0 Å². The summed E-state index contributed by atoms with van der Waals surface area (Å²) in [5.74, 6) is 0. The first-order valence-electron chi connectivity index (χ1n) is 2.87. The summed E-state index contributed by atoms with van der Waals surface area (Å²) in [5.41, 5.74) is 1.22. The molecule has 2 nitrogen and oxygen atoms in total. The second-order valence-corrected chi connectivity index (χ2v) is 1.85. The summed E-state index contributed by atoms with van der Waals surface area (Å²) in [5, 5.41) is 0. The molecule has 0 aromatic carbocycles. The normalized spacial score (nSPS) is 9.42. The smallest absolute Gasteiger partial charge is 0.418 e. The maximum atomic E-state index is 9.75. The van der Waals surface area contributed by atoms with Crippen molar-refractivity contribution in [3.8, 4) is 0 Å². The molecule has 1 heterocycles. The highest BCUT2D eigenvalue weighted by Gasteiger charge is 2.20. The van der Waals surface area contributed by atoms with Crippen molar-refractivity contribution in [1.29, 1.82) is 0 Å². The summed E-state index contributed by atoms with van der Waals surface area (Å²) in [6.45, 7) is 2.03. The zero-order chi connectivity index (χ0) is 8.91. The molecule has 0 radical (unpaired) electrons. The maximum Gasteiger partial charge on any atom is 0.673 e. The minimum Gasteiger partial charge on any atom is -0.418 e. The third-order valence-corrected chi connectivity index (χ3v) is 0.753. The molecular weight excluding hydrogens is 175 g/mol. The minimum atomic E-state index is -6.00. The van der Waals surface area contributed by atoms with Crippen molar-refractivity contribution < 1.29 is 17.3 Å². The number of aromatic amines is 1. The molecule has 0 aliphatic heterocycles. The van der Waals surface area contributed by atoms with E-state index in [0.717, 1.165) is 0 Å². The molecular formula is C5H11BF4N2. The predicted octanol–water partition coefficient (Wildman–Crippen LogP) is 3.00. The van der Waals surface area contributed by atoms with E-state index in [-0.39, 0.29) is 6.15 Å². The lowest BCUT2D eigenvalue weighted by molar-refractivity contribution is 0.368. The molecule has 0 atom stereocenters. The van der Waals surface area contributed by atoms with E-state index < -0.39 is 7.25 Å². The van der Waals surface area contributed by atoms with Gasteiger partial charge in [-0.25, -0.2) is 0 Å². The average Bonchev–Trinajstić information content (AvgIpc) is 2.12. The maximum absolute atomic E-state index is 9.75. The van der Waals surface area contributed by atoms with Gasteiger partial charge in [0.1, 0.15) is 0 Å². The number of aryl methyl sites for hydroxylation is 1. The van der Waals surface area contributed by atoms with E-state index in [9.17, 15) is 17.3 Å². The van der Waals surface area contributed by atoms with E-state index in [4.69, 9.17) is 0 Å². The molecule has 7 heteroatoms. The Morgan fingerprint density at radius 2 is 1.67 bits per heavy atom. The van der Waals surface area contributed by atoms with Gasteiger partial charge in [-0.1, -0.05) is 0 Å². The largest absolute Gasteiger partial charge is 0.673 e. The highest BCUT2D eigenvalue weighted by atomic mass is 19.5. The molecule has 0 unspecified atom stereocenters. The van der Waals surface area contributed by atoms with Crippen molar-refractivity contribution in [3.63, 3.8) is 0 Å². The van der Waals surface area contributed by atoms with Gasteiger partial charge < -0.3 is 28.4 Å². The lowest BCUT2D eigenvalue weighted by atomic mass is 10.3. The van der Waals surface area contributed by atoms with Gasteiger partial charge in [-0.15, -0.1) is 0 Å². The summed E-state index contributed by atoms with van der Waals surface area (Å²) >= 11 is 0. The fourth-order valence-corrected chi connectivity index (χ4v) is 0.420. The van der Waals surface area contributed by atoms with Crippen LogP contribution in [-0.4, -0.2) is 12.2 Å². The molecule has 0 bridgehead atoms. The van der Waals surface area contributed by atoms with Crippen molar-refractivity contribution in [1.82, 2.24) is 11.1 Å². The molecule has 0 fully saturated rings. The number of hydrogen-bond acceptors (Lipinski definition) is 0. The van der Waals surface area contributed by atoms with Crippen LogP contribution in [0.5, 0.6) is 0 Å². The van der Waals surface area contributed by atoms with E-state index in [1.807, 2.05) is 25.3 Å². The van der Waals surface area contributed by atoms with Gasteiger partial charge in [0.2, 0.25) is 0 Å². The van der Waals surface area contributed by atoms with E-state index >= 15 is 0 Å². The zero-order valence-corrected chi connectivity index (χ0v) is 6.82. The molecule has 5 N–H and O–H groups in total. The van der Waals surface area contributed by atoms with Gasteiger partial charge >= 0.3 is 7.25 Å². The predicted molar refractivity (Wildman–Crippen MR) is 41.7 cm³/mol. The van der Waals surface area contributed by atoms with Crippen LogP contribution in [0.15, 0.2) is 18.3 Å². The zero-order valence-electron chi connectivity index (χ0n) is 6.82. The summed E-state index contributed by atoms with van der Waals surface area (Å²) < 4.78 is 39.0. The second kappa shape index (κ2) is 5.65. The number of nitrogens with one attached hydrogen (secondary N) is 1. The second-order valence-electron chi connectivity index (χ2n) is 1.85. The molecule has 0 aliphatic carbocycles. The van der Waals surface area contributed by atoms with Crippen LogP contribution in [0.4, 0.5) is 17.3 Å². The van der Waals surface area contributed by atoms with Gasteiger partial charge in [0.15, 0.2) is 0 Å². The van der Waals surface area contributed by atoms with E-state index in [1.54, 1.807) is 0 Å². The topological polar surface area (TPSA) is 52.3 Å². The minimum absolute atomic E-state index is 0. The summed E-state index contributed by atoms with van der Waals surface area (Å²) in [6, 6.07) is 4.01. The van der Waals surface area contributed by atoms with Crippen molar-refractivity contribution in [2.75, 3.05) is 0 Å². The Kier molecular flexibility index (Phi) is 6.40. The Bertz CT molecular complexity index is 178. The lowest BCUT2D eigenvalue weighted by Gasteiger charge is -1.94. The standard InChI is InChI=1S/C5H7N.BF4.H3N/c1-5-3-2-4-6-5;2-1(3,4)5;/h2-4,6H,1H3;;1H3/q;-1;/p+1. The molecule has 1 aromatic rings. The van der Waals surface area contributed by atoms with Crippen LogP contribution in [0.3, 0.4) is 0 Å². The molecule has 0 aliphatic rings. The van der Waals surface area contributed by atoms with Crippen LogP contribution in [-0.2, 0) is 0 Å². The Morgan fingerprint density at radius 3 is 1.75 bits per heavy atom. The van der Waals surface area contributed by atoms with Gasteiger partial charge in [-0.05, 0) is 19.1 Å². The molecule has 1 rings (SSSR count). The number of aromatic nitrogens is 1. The summed E-state index contributed by atoms with van der Waals surface area (Å²) in [4.78, 5) is 3.00. The molecule has 0 saturated carbocycles. The van der Waals surface area contributed by atoms with Gasteiger partial charge in [0.05, 0.1) is 0 Å². The monoisotopic (exact) mass is 186 g/mol. The van der Waals surface area contributed by atoms with Crippen LogP contribution in [0.25, 0.3) is 0 Å². The molecule has 1 aromatic heterocycles. The van der Waals surface area contributed by atoms with Gasteiger partial charge in [-0.3, -0.25) is 0 Å². The molecule has 72 valence electrons. The molecule has 0 spiro atoms. The van der Waals surface area contributed by atoms with Crippen molar-refractivity contribution >= 4 is 7.25 Å². The number of H-pyrrole nitrogens is 1. The van der Waals surface area contributed by atoms with Crippen LogP contribution in [0, 0.1) is 6.92 Å². The third-order valence-electron chi connectivity index (χ3n) is 0.753. The van der Waals surface area contributed by atoms with E-state index in [0.29, 0.717) is 0 Å². The molecule has 0 amide bonds. The quantitative estimate of drug-likeness (QED) is 0.462. The Labute approximate surface area is 67.7 Å². The number of quaternary nitrogens is 1. The van der Waals surface area contributed by atoms with Crippen molar-refractivity contribution in [3.05, 3.63) is 24.0 Å². The fraction of sp³-hybridized carbons (Fsp3) is 0.200. The summed E-state index contributed by atoms with van der Waals surface area (Å²) in [7, 11) is -6.00. The first-order valence-corrected chi connectivity index (χ1v) is 2.87. The lowest BCUT2D eigenvalue weighted by Crippen LogP contribution is -2.02. The molecule has 0 saturated heterocycles. The van der Waals surface area contributed by atoms with Crippen LogP contribution >= 0.6 is 0 Å². The fourth-order valence-electron chi connectivity index (χ4n) is 0.420. The number of halogens is 4. The number of rotatable bonds is 0. The van der Waals surface area contributed by atoms with Crippen LogP contribution in [0.1, 0.15) is 5.69 Å². The Hall–Kier alpha value is -0.975. The van der Waals surface area contributed by atoms with Crippen LogP contribution < -0.4 is 6.15 Å². The average molecular weight is 186 g/mol. The van der Waals surface area contributed by atoms with E-state index in [1.165, 1.54) is 5.69 Å². The Balaban J connectivity index is 0. The van der Waals surface area contributed by atoms with Crippen molar-refractivity contribution in [2.45, 2.75) is 6.92 Å². The number of hydrogen-bond donors (Lipinski definition) is 2. The first kappa shape index (κ1) is 13.6. The molecule has 12 heavy (non-hydrogen) atoms. The highest BCUT2D eigenvalue weighted by molar-refractivity contribution is 6.50. The summed E-state index contributed by atoms with van der Waals surface area (Å²) in [6.07, 6.45) is 1.91. The Morgan fingerprint density at radius 1 is 1.25 bits per heavy atom. The van der Waals surface area contributed by atoms with Gasteiger partial charge in [-0.2, -0.15) is 0 Å². The van der Waals surface area contributed by atoms with Gasteiger partial charge in [0, 0.05) is 11.9 Å². The first-order chi connectivity index (χ1) is 4.89. The third kappa shape index (κ3) is 16.0.